The SMILES string of the molecule is Cc1cc(C(=O)CSCC(O)c2ccccc2)c(C)n1CC(F)(F)F. The van der Waals surface area contributed by atoms with Crippen LogP contribution in [0.15, 0.2) is 36.4 Å². The van der Waals surface area contributed by atoms with Gasteiger partial charge in [-0.3, -0.25) is 4.79 Å². The number of thioether (sulfide) groups is 1. The number of carbonyl (C=O) groups excluding carboxylic acids is 1. The molecule has 0 aliphatic carbocycles. The zero-order valence-electron chi connectivity index (χ0n) is 14.0. The summed E-state index contributed by atoms with van der Waals surface area (Å²) in [6.07, 6.45) is -5.01. The van der Waals surface area contributed by atoms with Crippen molar-refractivity contribution >= 4 is 17.5 Å². The number of nitrogens with zero attached hydrogens (tertiary/aromatic N) is 1. The van der Waals surface area contributed by atoms with Gasteiger partial charge in [0.2, 0.25) is 0 Å². The van der Waals surface area contributed by atoms with Gasteiger partial charge in [0.15, 0.2) is 5.78 Å². The maximum absolute atomic E-state index is 12.6. The van der Waals surface area contributed by atoms with E-state index in [2.05, 4.69) is 0 Å². The fourth-order valence-electron chi connectivity index (χ4n) is 2.62. The molecule has 1 atom stereocenters. The topological polar surface area (TPSA) is 42.2 Å². The summed E-state index contributed by atoms with van der Waals surface area (Å²) in [4.78, 5) is 12.3. The molecule has 0 spiro atoms. The summed E-state index contributed by atoms with van der Waals surface area (Å²) in [7, 11) is 0. The number of halogens is 3. The van der Waals surface area contributed by atoms with Crippen LogP contribution in [0.1, 0.15) is 33.4 Å². The van der Waals surface area contributed by atoms with Crippen LogP contribution in [0, 0.1) is 13.8 Å². The first-order chi connectivity index (χ1) is 11.7. The highest BCUT2D eigenvalue weighted by molar-refractivity contribution is 8.00. The predicted molar refractivity (Wildman–Crippen MR) is 93.0 cm³/mol. The largest absolute Gasteiger partial charge is 0.406 e. The van der Waals surface area contributed by atoms with E-state index in [1.165, 1.54) is 24.8 Å². The summed E-state index contributed by atoms with van der Waals surface area (Å²) in [5, 5.41) is 10.1. The van der Waals surface area contributed by atoms with Crippen molar-refractivity contribution in [2.24, 2.45) is 0 Å². The minimum Gasteiger partial charge on any atom is -0.388 e. The molecule has 0 aliphatic heterocycles. The lowest BCUT2D eigenvalue weighted by atomic mass is 10.1. The van der Waals surface area contributed by atoms with E-state index in [1.807, 2.05) is 18.2 Å². The van der Waals surface area contributed by atoms with Crippen molar-refractivity contribution < 1.29 is 23.1 Å². The molecule has 0 aliphatic rings. The van der Waals surface area contributed by atoms with Gasteiger partial charge in [0.05, 0.1) is 11.9 Å². The third kappa shape index (κ3) is 5.37. The summed E-state index contributed by atoms with van der Waals surface area (Å²) in [5.41, 5.74) is 1.81. The fraction of sp³-hybridized carbons (Fsp3) is 0.389. The van der Waals surface area contributed by atoms with Crippen LogP contribution in [0.2, 0.25) is 0 Å². The molecule has 1 aromatic carbocycles. The van der Waals surface area contributed by atoms with E-state index in [1.54, 1.807) is 19.1 Å². The number of Topliss-reactive ketones (excluding diaryl/α,β-unsaturated/α-hetero) is 1. The maximum atomic E-state index is 12.6. The van der Waals surface area contributed by atoms with Gasteiger partial charge in [-0.1, -0.05) is 30.3 Å². The lowest BCUT2D eigenvalue weighted by Gasteiger charge is -2.12. The standard InChI is InChI=1S/C18H20F3NO2S/c1-12-8-15(13(2)22(12)11-18(19,20)21)17(24)10-25-9-16(23)14-6-4-3-5-7-14/h3-8,16,23H,9-11H2,1-2H3. The second-order valence-corrected chi connectivity index (χ2v) is 6.88. The molecule has 136 valence electrons. The van der Waals surface area contributed by atoms with E-state index >= 15 is 0 Å². The number of hydrogen-bond donors (Lipinski definition) is 1. The van der Waals surface area contributed by atoms with Crippen LogP contribution in [0.4, 0.5) is 13.2 Å². The van der Waals surface area contributed by atoms with Crippen molar-refractivity contribution in [3.05, 3.63) is 58.9 Å². The van der Waals surface area contributed by atoms with E-state index in [0.29, 0.717) is 22.7 Å². The number of hydrogen-bond acceptors (Lipinski definition) is 3. The Morgan fingerprint density at radius 2 is 1.88 bits per heavy atom. The molecule has 1 N–H and O–H groups in total. The van der Waals surface area contributed by atoms with Gasteiger partial charge in [0.25, 0.3) is 0 Å². The Kier molecular flexibility index (Phi) is 6.35. The summed E-state index contributed by atoms with van der Waals surface area (Å²) < 4.78 is 39.0. The molecular formula is C18H20F3NO2S. The number of alkyl halides is 3. The zero-order chi connectivity index (χ0) is 18.6. The average Bonchev–Trinajstić information content (AvgIpc) is 2.82. The predicted octanol–water partition coefficient (Wildman–Crippen LogP) is 4.32. The molecule has 1 aromatic heterocycles. The Hall–Kier alpha value is -1.73. The minimum absolute atomic E-state index is 0.111. The van der Waals surface area contributed by atoms with Crippen LogP contribution in [-0.4, -0.2) is 33.1 Å². The maximum Gasteiger partial charge on any atom is 0.406 e. The van der Waals surface area contributed by atoms with Crippen molar-refractivity contribution in [3.63, 3.8) is 0 Å². The average molecular weight is 371 g/mol. The summed E-state index contributed by atoms with van der Waals surface area (Å²) in [6, 6.07) is 10.6. The van der Waals surface area contributed by atoms with E-state index < -0.39 is 18.8 Å². The highest BCUT2D eigenvalue weighted by Gasteiger charge is 2.30. The highest BCUT2D eigenvalue weighted by atomic mass is 32.2. The Labute approximate surface area is 148 Å². The van der Waals surface area contributed by atoms with Gasteiger partial charge in [-0.05, 0) is 25.5 Å². The lowest BCUT2D eigenvalue weighted by molar-refractivity contribution is -0.141. The van der Waals surface area contributed by atoms with Crippen LogP contribution in [-0.2, 0) is 6.54 Å². The number of benzene rings is 1. The van der Waals surface area contributed by atoms with Gasteiger partial charge >= 0.3 is 6.18 Å². The van der Waals surface area contributed by atoms with Crippen molar-refractivity contribution in [1.82, 2.24) is 4.57 Å². The monoisotopic (exact) mass is 371 g/mol. The zero-order valence-corrected chi connectivity index (χ0v) is 14.8. The second-order valence-electron chi connectivity index (χ2n) is 5.85. The number of aromatic nitrogens is 1. The number of aryl methyl sites for hydroxylation is 1. The molecule has 25 heavy (non-hydrogen) atoms. The summed E-state index contributed by atoms with van der Waals surface area (Å²) in [5.74, 6) is 0.226. The summed E-state index contributed by atoms with van der Waals surface area (Å²) >= 11 is 1.27. The first-order valence-electron chi connectivity index (χ1n) is 7.76. The van der Waals surface area contributed by atoms with Gasteiger partial charge in [-0.2, -0.15) is 24.9 Å². The molecular weight excluding hydrogens is 351 g/mol. The fourth-order valence-corrected chi connectivity index (χ4v) is 3.49. The van der Waals surface area contributed by atoms with Crippen LogP contribution < -0.4 is 0 Å². The molecule has 3 nitrogen and oxygen atoms in total. The van der Waals surface area contributed by atoms with Gasteiger partial charge in [-0.25, -0.2) is 0 Å². The molecule has 2 rings (SSSR count). The quantitative estimate of drug-likeness (QED) is 0.737. The third-order valence-electron chi connectivity index (χ3n) is 3.90. The normalized spacial score (nSPS) is 13.0. The second kappa shape index (κ2) is 8.10. The minimum atomic E-state index is -4.33. The molecule has 1 unspecified atom stereocenters. The van der Waals surface area contributed by atoms with E-state index in [9.17, 15) is 23.1 Å². The molecule has 0 fully saturated rings. The highest BCUT2D eigenvalue weighted by Crippen LogP contribution is 2.25. The molecule has 0 radical (unpaired) electrons. The van der Waals surface area contributed by atoms with Crippen molar-refractivity contribution in [2.45, 2.75) is 32.7 Å². The Bertz CT molecular complexity index is 726. The van der Waals surface area contributed by atoms with Gasteiger partial charge in [-0.15, -0.1) is 0 Å². The third-order valence-corrected chi connectivity index (χ3v) is 4.92. The van der Waals surface area contributed by atoms with Crippen LogP contribution in [0.3, 0.4) is 0 Å². The van der Waals surface area contributed by atoms with E-state index in [4.69, 9.17) is 0 Å². The number of rotatable bonds is 7. The van der Waals surface area contributed by atoms with Crippen LogP contribution in [0.5, 0.6) is 0 Å². The van der Waals surface area contributed by atoms with Gasteiger partial charge in [0, 0.05) is 22.7 Å². The molecule has 0 saturated heterocycles. The van der Waals surface area contributed by atoms with E-state index in [0.717, 1.165) is 10.1 Å². The molecule has 0 amide bonds. The molecule has 0 saturated carbocycles. The molecule has 2 aromatic rings. The Morgan fingerprint density at radius 3 is 2.48 bits per heavy atom. The van der Waals surface area contributed by atoms with Gasteiger partial charge < -0.3 is 9.67 Å². The van der Waals surface area contributed by atoms with Crippen molar-refractivity contribution in [1.29, 1.82) is 0 Å². The van der Waals surface area contributed by atoms with Crippen LogP contribution in [0.25, 0.3) is 0 Å². The Balaban J connectivity index is 1.96. The van der Waals surface area contributed by atoms with E-state index in [-0.39, 0.29) is 11.5 Å². The number of aliphatic hydroxyl groups is 1. The number of ketones is 1. The van der Waals surface area contributed by atoms with Gasteiger partial charge in [0.1, 0.15) is 6.54 Å². The molecule has 7 heteroatoms. The smallest absolute Gasteiger partial charge is 0.388 e. The number of carbonyl (C=O) groups is 1. The van der Waals surface area contributed by atoms with Crippen molar-refractivity contribution in [3.8, 4) is 0 Å². The van der Waals surface area contributed by atoms with Crippen LogP contribution >= 0.6 is 11.8 Å². The molecule has 1 heterocycles. The van der Waals surface area contributed by atoms with Crippen molar-refractivity contribution in [2.75, 3.05) is 11.5 Å². The molecule has 0 bridgehead atoms. The first kappa shape index (κ1) is 19.6. The Morgan fingerprint density at radius 1 is 1.24 bits per heavy atom. The number of aliphatic hydroxyl groups excluding tert-OH is 1. The first-order valence-corrected chi connectivity index (χ1v) is 8.92. The lowest BCUT2D eigenvalue weighted by Crippen LogP contribution is -2.19. The summed E-state index contributed by atoms with van der Waals surface area (Å²) in [6.45, 7) is 1.98.